The summed E-state index contributed by atoms with van der Waals surface area (Å²) in [6, 6.07) is 8.04. The first-order valence-electron chi connectivity index (χ1n) is 6.49. The molecular formula is C15H15ClN2O3. The number of rotatable bonds is 5. The zero-order valence-corrected chi connectivity index (χ0v) is 12.5. The van der Waals surface area contributed by atoms with Crippen LogP contribution < -0.4 is 4.74 Å². The van der Waals surface area contributed by atoms with Gasteiger partial charge in [-0.05, 0) is 18.1 Å². The fourth-order valence-corrected chi connectivity index (χ4v) is 1.97. The largest absolute Gasteiger partial charge is 0.487 e. The van der Waals surface area contributed by atoms with Gasteiger partial charge in [-0.1, -0.05) is 31.5 Å². The molecule has 21 heavy (non-hydrogen) atoms. The van der Waals surface area contributed by atoms with Gasteiger partial charge in [-0.25, -0.2) is 0 Å². The Bertz CT molecular complexity index is 642. The van der Waals surface area contributed by atoms with Crippen molar-refractivity contribution in [1.82, 2.24) is 4.98 Å². The van der Waals surface area contributed by atoms with Crippen LogP contribution in [-0.4, -0.2) is 9.91 Å². The van der Waals surface area contributed by atoms with Gasteiger partial charge >= 0.3 is 0 Å². The van der Waals surface area contributed by atoms with Crippen LogP contribution in [0.2, 0.25) is 5.02 Å². The standard InChI is InChI=1S/C15H15ClN2O3/c1-10(2)14-5-3-11(8-17-14)9-21-15-6-4-12(18(19)20)7-13(15)16/h3-8,10H,9H2,1-2H3. The van der Waals surface area contributed by atoms with Gasteiger partial charge in [0.2, 0.25) is 0 Å². The quantitative estimate of drug-likeness (QED) is 0.608. The van der Waals surface area contributed by atoms with Crippen LogP contribution in [0.15, 0.2) is 36.5 Å². The second-order valence-electron chi connectivity index (χ2n) is 4.91. The lowest BCUT2D eigenvalue weighted by molar-refractivity contribution is -0.384. The molecule has 0 fully saturated rings. The Balaban J connectivity index is 2.04. The molecule has 0 unspecified atom stereocenters. The van der Waals surface area contributed by atoms with Crippen molar-refractivity contribution in [3.8, 4) is 5.75 Å². The summed E-state index contributed by atoms with van der Waals surface area (Å²) in [6.07, 6.45) is 1.76. The molecular weight excluding hydrogens is 292 g/mol. The molecule has 0 bridgehead atoms. The predicted octanol–water partition coefficient (Wildman–Crippen LogP) is 4.35. The van der Waals surface area contributed by atoms with Crippen LogP contribution in [-0.2, 0) is 6.61 Å². The van der Waals surface area contributed by atoms with Crippen molar-refractivity contribution in [3.05, 3.63) is 62.9 Å². The van der Waals surface area contributed by atoms with Gasteiger partial charge < -0.3 is 4.74 Å². The SMILES string of the molecule is CC(C)c1ccc(COc2ccc([N+](=O)[O-])cc2Cl)cn1. The predicted molar refractivity (Wildman–Crippen MR) is 80.8 cm³/mol. The lowest BCUT2D eigenvalue weighted by Crippen LogP contribution is -1.99. The number of nitrogens with zero attached hydrogens (tertiary/aromatic N) is 2. The van der Waals surface area contributed by atoms with E-state index in [1.165, 1.54) is 18.2 Å². The molecule has 0 saturated heterocycles. The van der Waals surface area contributed by atoms with E-state index in [9.17, 15) is 10.1 Å². The van der Waals surface area contributed by atoms with Gasteiger partial charge in [-0.2, -0.15) is 0 Å². The molecule has 0 N–H and O–H groups in total. The number of hydrogen-bond acceptors (Lipinski definition) is 4. The van der Waals surface area contributed by atoms with Gasteiger partial charge in [0, 0.05) is 29.6 Å². The van der Waals surface area contributed by atoms with E-state index in [0.29, 0.717) is 18.3 Å². The molecule has 1 aromatic carbocycles. The van der Waals surface area contributed by atoms with Crippen LogP contribution in [0.1, 0.15) is 31.0 Å². The summed E-state index contributed by atoms with van der Waals surface area (Å²) in [5, 5.41) is 10.8. The van der Waals surface area contributed by atoms with E-state index in [2.05, 4.69) is 18.8 Å². The summed E-state index contributed by atoms with van der Waals surface area (Å²) >= 11 is 5.96. The van der Waals surface area contributed by atoms with Crippen LogP contribution >= 0.6 is 11.6 Å². The van der Waals surface area contributed by atoms with Crippen molar-refractivity contribution in [2.24, 2.45) is 0 Å². The molecule has 5 nitrogen and oxygen atoms in total. The lowest BCUT2D eigenvalue weighted by atomic mass is 10.1. The van der Waals surface area contributed by atoms with E-state index in [1.54, 1.807) is 6.20 Å². The maximum absolute atomic E-state index is 10.6. The molecule has 0 saturated carbocycles. The summed E-state index contributed by atoms with van der Waals surface area (Å²) in [5.41, 5.74) is 1.87. The van der Waals surface area contributed by atoms with Crippen LogP contribution in [0, 0.1) is 10.1 Å². The highest BCUT2D eigenvalue weighted by molar-refractivity contribution is 6.32. The van der Waals surface area contributed by atoms with Gasteiger partial charge in [0.25, 0.3) is 5.69 Å². The molecule has 0 amide bonds. The third-order valence-electron chi connectivity index (χ3n) is 2.96. The second kappa shape index (κ2) is 6.54. The van der Waals surface area contributed by atoms with Crippen molar-refractivity contribution in [3.63, 3.8) is 0 Å². The van der Waals surface area contributed by atoms with E-state index in [-0.39, 0.29) is 10.7 Å². The molecule has 0 aliphatic carbocycles. The normalized spacial score (nSPS) is 10.7. The maximum Gasteiger partial charge on any atom is 0.271 e. The van der Waals surface area contributed by atoms with Gasteiger partial charge in [-0.15, -0.1) is 0 Å². The average Bonchev–Trinajstić information content (AvgIpc) is 2.46. The zero-order chi connectivity index (χ0) is 15.4. The monoisotopic (exact) mass is 306 g/mol. The summed E-state index contributed by atoms with van der Waals surface area (Å²) < 4.78 is 5.56. The zero-order valence-electron chi connectivity index (χ0n) is 11.7. The van der Waals surface area contributed by atoms with E-state index in [4.69, 9.17) is 16.3 Å². The molecule has 1 heterocycles. The number of aromatic nitrogens is 1. The maximum atomic E-state index is 10.6. The molecule has 2 aromatic rings. The third kappa shape index (κ3) is 3.92. The lowest BCUT2D eigenvalue weighted by Gasteiger charge is -2.09. The van der Waals surface area contributed by atoms with E-state index >= 15 is 0 Å². The van der Waals surface area contributed by atoms with Crippen LogP contribution in [0.25, 0.3) is 0 Å². The topological polar surface area (TPSA) is 65.3 Å². The van der Waals surface area contributed by atoms with E-state index < -0.39 is 4.92 Å². The smallest absolute Gasteiger partial charge is 0.271 e. The highest BCUT2D eigenvalue weighted by atomic mass is 35.5. The number of non-ortho nitro benzene ring substituents is 1. The molecule has 0 aliphatic rings. The molecule has 0 radical (unpaired) electrons. The minimum absolute atomic E-state index is 0.0599. The van der Waals surface area contributed by atoms with Crippen molar-refractivity contribution in [2.75, 3.05) is 0 Å². The summed E-state index contributed by atoms with van der Waals surface area (Å²) in [6.45, 7) is 4.47. The fourth-order valence-electron chi connectivity index (χ4n) is 1.74. The molecule has 110 valence electrons. The van der Waals surface area contributed by atoms with Crippen molar-refractivity contribution >= 4 is 17.3 Å². The Morgan fingerprint density at radius 3 is 2.62 bits per heavy atom. The average molecular weight is 307 g/mol. The number of nitro groups is 1. The second-order valence-corrected chi connectivity index (χ2v) is 5.31. The highest BCUT2D eigenvalue weighted by Crippen LogP contribution is 2.29. The van der Waals surface area contributed by atoms with Crippen LogP contribution in [0.4, 0.5) is 5.69 Å². The molecule has 6 heteroatoms. The fraction of sp³-hybridized carbons (Fsp3) is 0.267. The Morgan fingerprint density at radius 1 is 1.33 bits per heavy atom. The van der Waals surface area contributed by atoms with Crippen molar-refractivity contribution in [2.45, 2.75) is 26.4 Å². The van der Waals surface area contributed by atoms with Crippen LogP contribution in [0.3, 0.4) is 0 Å². The highest BCUT2D eigenvalue weighted by Gasteiger charge is 2.10. The van der Waals surface area contributed by atoms with E-state index in [1.807, 2.05) is 12.1 Å². The van der Waals surface area contributed by atoms with E-state index in [0.717, 1.165) is 11.3 Å². The Hall–Kier alpha value is -2.14. The summed E-state index contributed by atoms with van der Waals surface area (Å²) in [7, 11) is 0. The van der Waals surface area contributed by atoms with Gasteiger partial charge in [-0.3, -0.25) is 15.1 Å². The molecule has 2 rings (SSSR count). The van der Waals surface area contributed by atoms with Crippen LogP contribution in [0.5, 0.6) is 5.75 Å². The molecule has 0 spiro atoms. The number of halogens is 1. The summed E-state index contributed by atoms with van der Waals surface area (Å²) in [5.74, 6) is 0.791. The van der Waals surface area contributed by atoms with Crippen molar-refractivity contribution in [1.29, 1.82) is 0 Å². The third-order valence-corrected chi connectivity index (χ3v) is 3.26. The number of benzene rings is 1. The molecule has 0 aliphatic heterocycles. The Morgan fingerprint density at radius 2 is 2.10 bits per heavy atom. The Kier molecular flexibility index (Phi) is 4.75. The van der Waals surface area contributed by atoms with Gasteiger partial charge in [0.1, 0.15) is 12.4 Å². The van der Waals surface area contributed by atoms with Gasteiger partial charge in [0.05, 0.1) is 9.95 Å². The molecule has 1 aromatic heterocycles. The first kappa shape index (κ1) is 15.3. The van der Waals surface area contributed by atoms with Crippen molar-refractivity contribution < 1.29 is 9.66 Å². The molecule has 0 atom stereocenters. The Labute approximate surface area is 127 Å². The first-order valence-corrected chi connectivity index (χ1v) is 6.86. The number of pyridine rings is 1. The minimum atomic E-state index is -0.496. The number of nitro benzene ring substituents is 1. The first-order chi connectivity index (χ1) is 9.97. The number of ether oxygens (including phenoxy) is 1. The minimum Gasteiger partial charge on any atom is -0.487 e. The number of hydrogen-bond donors (Lipinski definition) is 0. The summed E-state index contributed by atoms with van der Waals surface area (Å²) in [4.78, 5) is 14.5. The van der Waals surface area contributed by atoms with Gasteiger partial charge in [0.15, 0.2) is 0 Å².